The molecule has 1 aliphatic heterocycles. The summed E-state index contributed by atoms with van der Waals surface area (Å²) in [6, 6.07) is 10.2. The van der Waals surface area contributed by atoms with Crippen LogP contribution < -0.4 is 10.6 Å². The maximum atomic E-state index is 12.6. The van der Waals surface area contributed by atoms with Gasteiger partial charge in [-0.2, -0.15) is 0 Å². The van der Waals surface area contributed by atoms with Crippen molar-refractivity contribution in [2.45, 2.75) is 69.6 Å². The molecule has 2 fully saturated rings. The number of hydrogen-bond acceptors (Lipinski definition) is 4. The number of nitrogens with one attached hydrogen (secondary N) is 2. The molecule has 1 saturated heterocycles. The van der Waals surface area contributed by atoms with E-state index < -0.39 is 6.10 Å². The minimum atomic E-state index is -0.642. The Morgan fingerprint density at radius 2 is 1.79 bits per heavy atom. The third-order valence-electron chi connectivity index (χ3n) is 6.27. The number of piperidine rings is 1. The van der Waals surface area contributed by atoms with Crippen LogP contribution in [-0.4, -0.2) is 60.1 Å². The second kappa shape index (κ2) is 10.7. The summed E-state index contributed by atoms with van der Waals surface area (Å²) >= 11 is 0. The van der Waals surface area contributed by atoms with Gasteiger partial charge < -0.3 is 20.6 Å². The number of aliphatic hydroxyl groups is 1. The van der Waals surface area contributed by atoms with Gasteiger partial charge in [-0.1, -0.05) is 30.3 Å². The maximum absolute atomic E-state index is 12.6. The summed E-state index contributed by atoms with van der Waals surface area (Å²) < 4.78 is 0. The molecule has 2 amide bonds. The van der Waals surface area contributed by atoms with Gasteiger partial charge in [-0.05, 0) is 70.6 Å². The number of amides is 2. The number of benzene rings is 1. The topological polar surface area (TPSA) is 81.7 Å². The predicted octanol–water partition coefficient (Wildman–Crippen LogP) is 1.87. The minimum absolute atomic E-state index is 0.0261. The van der Waals surface area contributed by atoms with Gasteiger partial charge in [0.1, 0.15) is 0 Å². The van der Waals surface area contributed by atoms with Gasteiger partial charge in [-0.3, -0.25) is 9.59 Å². The summed E-state index contributed by atoms with van der Waals surface area (Å²) in [4.78, 5) is 27.1. The van der Waals surface area contributed by atoms with Crippen molar-refractivity contribution in [1.82, 2.24) is 15.5 Å². The Morgan fingerprint density at radius 1 is 1.07 bits per heavy atom. The normalized spacial score (nSPS) is 25.7. The highest BCUT2D eigenvalue weighted by molar-refractivity contribution is 5.80. The van der Waals surface area contributed by atoms with Crippen LogP contribution in [0.2, 0.25) is 0 Å². The van der Waals surface area contributed by atoms with E-state index in [-0.39, 0.29) is 29.8 Å². The first-order valence-electron chi connectivity index (χ1n) is 11.0. The first-order chi connectivity index (χ1) is 14.0. The Bertz CT molecular complexity index is 659. The molecule has 6 heteroatoms. The summed E-state index contributed by atoms with van der Waals surface area (Å²) in [6.07, 6.45) is 5.47. The van der Waals surface area contributed by atoms with E-state index in [9.17, 15) is 14.7 Å². The zero-order valence-electron chi connectivity index (χ0n) is 17.5. The van der Waals surface area contributed by atoms with Crippen molar-refractivity contribution in [1.29, 1.82) is 0 Å². The highest BCUT2D eigenvalue weighted by atomic mass is 16.3. The first kappa shape index (κ1) is 21.8. The SMILES string of the molecule is CN1CCC(NC(=O)[C@H]2C[C@H](NC(=O)CCCCc3ccccc3)[C@@H](O)C2)CC1. The van der Waals surface area contributed by atoms with Crippen molar-refractivity contribution >= 4 is 11.8 Å². The van der Waals surface area contributed by atoms with Crippen LogP contribution in [0.25, 0.3) is 0 Å². The van der Waals surface area contributed by atoms with Crippen LogP contribution in [0.4, 0.5) is 0 Å². The third kappa shape index (κ3) is 6.82. The molecule has 3 atom stereocenters. The molecule has 6 nitrogen and oxygen atoms in total. The summed E-state index contributed by atoms with van der Waals surface area (Å²) in [5.41, 5.74) is 1.29. The second-order valence-corrected chi connectivity index (χ2v) is 8.69. The zero-order valence-corrected chi connectivity index (χ0v) is 17.5. The Balaban J connectivity index is 1.34. The molecular formula is C23H35N3O3. The largest absolute Gasteiger partial charge is 0.391 e. The molecule has 0 spiro atoms. The van der Waals surface area contributed by atoms with Crippen LogP contribution >= 0.6 is 0 Å². The van der Waals surface area contributed by atoms with E-state index >= 15 is 0 Å². The quantitative estimate of drug-likeness (QED) is 0.581. The lowest BCUT2D eigenvalue weighted by molar-refractivity contribution is -0.126. The Hall–Kier alpha value is -1.92. The molecule has 1 aromatic rings. The molecule has 3 N–H and O–H groups in total. The number of unbranched alkanes of at least 4 members (excludes halogenated alkanes) is 1. The van der Waals surface area contributed by atoms with E-state index in [1.54, 1.807) is 0 Å². The maximum Gasteiger partial charge on any atom is 0.223 e. The molecular weight excluding hydrogens is 366 g/mol. The van der Waals surface area contributed by atoms with Crippen molar-refractivity contribution in [2.24, 2.45) is 5.92 Å². The summed E-state index contributed by atoms with van der Waals surface area (Å²) in [5.74, 6) is -0.218. The van der Waals surface area contributed by atoms with Crippen molar-refractivity contribution in [2.75, 3.05) is 20.1 Å². The number of carbonyl (C=O) groups excluding carboxylic acids is 2. The molecule has 1 aliphatic carbocycles. The first-order valence-corrected chi connectivity index (χ1v) is 11.0. The standard InChI is InChI=1S/C23H35N3O3/c1-26-13-11-19(12-14-26)24-23(29)18-15-20(21(27)16-18)25-22(28)10-6-5-9-17-7-3-2-4-8-17/h2-4,7-8,18-21,27H,5-6,9-16H2,1H3,(H,24,29)(H,25,28)/t18-,20-,21-/m0/s1. The van der Waals surface area contributed by atoms with Gasteiger partial charge in [0, 0.05) is 18.4 Å². The molecule has 3 rings (SSSR count). The molecule has 0 aromatic heterocycles. The fourth-order valence-electron chi connectivity index (χ4n) is 4.40. The highest BCUT2D eigenvalue weighted by Gasteiger charge is 2.38. The van der Waals surface area contributed by atoms with Crippen molar-refractivity contribution in [3.63, 3.8) is 0 Å². The van der Waals surface area contributed by atoms with Gasteiger partial charge in [0.15, 0.2) is 0 Å². The predicted molar refractivity (Wildman–Crippen MR) is 113 cm³/mol. The van der Waals surface area contributed by atoms with Crippen LogP contribution in [-0.2, 0) is 16.0 Å². The lowest BCUT2D eigenvalue weighted by Gasteiger charge is -2.30. The molecule has 29 heavy (non-hydrogen) atoms. The lowest BCUT2D eigenvalue weighted by atomic mass is 10.0. The molecule has 0 bridgehead atoms. The van der Waals surface area contributed by atoms with Crippen LogP contribution in [0, 0.1) is 5.92 Å². The highest BCUT2D eigenvalue weighted by Crippen LogP contribution is 2.27. The molecule has 2 aliphatic rings. The smallest absolute Gasteiger partial charge is 0.223 e. The number of rotatable bonds is 8. The van der Waals surface area contributed by atoms with Crippen LogP contribution in [0.15, 0.2) is 30.3 Å². The van der Waals surface area contributed by atoms with E-state index in [0.29, 0.717) is 19.3 Å². The number of carbonyl (C=O) groups is 2. The minimum Gasteiger partial charge on any atom is -0.391 e. The molecule has 0 radical (unpaired) electrons. The molecule has 0 unspecified atom stereocenters. The molecule has 160 valence electrons. The van der Waals surface area contributed by atoms with Crippen LogP contribution in [0.3, 0.4) is 0 Å². The zero-order chi connectivity index (χ0) is 20.6. The molecule has 1 aromatic carbocycles. The number of hydrogen-bond donors (Lipinski definition) is 3. The fraction of sp³-hybridized carbons (Fsp3) is 0.652. The van der Waals surface area contributed by atoms with Gasteiger partial charge in [0.25, 0.3) is 0 Å². The van der Waals surface area contributed by atoms with E-state index in [1.165, 1.54) is 5.56 Å². The van der Waals surface area contributed by atoms with Gasteiger partial charge in [0.2, 0.25) is 11.8 Å². The Morgan fingerprint density at radius 3 is 2.52 bits per heavy atom. The van der Waals surface area contributed by atoms with Crippen LogP contribution in [0.5, 0.6) is 0 Å². The number of nitrogens with zero attached hydrogens (tertiary/aromatic N) is 1. The average molecular weight is 402 g/mol. The Labute approximate surface area is 174 Å². The Kier molecular flexibility index (Phi) is 8.07. The summed E-state index contributed by atoms with van der Waals surface area (Å²) in [7, 11) is 2.10. The van der Waals surface area contributed by atoms with E-state index in [2.05, 4.69) is 34.7 Å². The van der Waals surface area contributed by atoms with E-state index in [0.717, 1.165) is 45.2 Å². The van der Waals surface area contributed by atoms with E-state index in [1.807, 2.05) is 18.2 Å². The van der Waals surface area contributed by atoms with Crippen molar-refractivity contribution in [3.8, 4) is 0 Å². The lowest BCUT2D eigenvalue weighted by Crippen LogP contribution is -2.45. The van der Waals surface area contributed by atoms with Gasteiger partial charge in [-0.25, -0.2) is 0 Å². The molecule has 1 saturated carbocycles. The average Bonchev–Trinajstić information content (AvgIpc) is 3.08. The summed E-state index contributed by atoms with van der Waals surface area (Å²) in [6.45, 7) is 2.00. The second-order valence-electron chi connectivity index (χ2n) is 8.69. The van der Waals surface area contributed by atoms with Gasteiger partial charge in [-0.15, -0.1) is 0 Å². The fourth-order valence-corrected chi connectivity index (χ4v) is 4.40. The molecule has 1 heterocycles. The third-order valence-corrected chi connectivity index (χ3v) is 6.27. The van der Waals surface area contributed by atoms with Crippen molar-refractivity contribution < 1.29 is 14.7 Å². The van der Waals surface area contributed by atoms with Crippen molar-refractivity contribution in [3.05, 3.63) is 35.9 Å². The van der Waals surface area contributed by atoms with E-state index in [4.69, 9.17) is 0 Å². The monoisotopic (exact) mass is 401 g/mol. The number of likely N-dealkylation sites (tertiary alicyclic amines) is 1. The van der Waals surface area contributed by atoms with Crippen LogP contribution in [0.1, 0.15) is 50.5 Å². The summed E-state index contributed by atoms with van der Waals surface area (Å²) in [5, 5.41) is 16.4. The van der Waals surface area contributed by atoms with Gasteiger partial charge >= 0.3 is 0 Å². The van der Waals surface area contributed by atoms with Gasteiger partial charge in [0.05, 0.1) is 12.1 Å². The number of aliphatic hydroxyl groups excluding tert-OH is 1. The number of aryl methyl sites for hydroxylation is 1.